The molecule has 0 aliphatic heterocycles. The number of aromatic nitrogens is 5. The second kappa shape index (κ2) is 7.37. The van der Waals surface area contributed by atoms with E-state index in [4.69, 9.17) is 0 Å². The van der Waals surface area contributed by atoms with Crippen LogP contribution in [0.3, 0.4) is 0 Å². The molecule has 1 amide bonds. The third kappa shape index (κ3) is 3.51. The molecule has 0 spiro atoms. The number of carbonyl (C=O) groups is 1. The Kier molecular flexibility index (Phi) is 4.78. The lowest BCUT2D eigenvalue weighted by Crippen LogP contribution is -2.09. The first kappa shape index (κ1) is 17.5. The monoisotopic (exact) mass is 396 g/mol. The van der Waals surface area contributed by atoms with Crippen LogP contribution >= 0.6 is 22.9 Å². The lowest BCUT2D eigenvalue weighted by Gasteiger charge is -2.04. The summed E-state index contributed by atoms with van der Waals surface area (Å²) in [4.78, 5) is 17.2. The van der Waals surface area contributed by atoms with E-state index in [-0.39, 0.29) is 5.91 Å². The third-order valence-corrected chi connectivity index (χ3v) is 5.59. The molecule has 0 aliphatic carbocycles. The molecular formula is C18H16N6OS2. The predicted octanol–water partition coefficient (Wildman–Crippen LogP) is 3.97. The van der Waals surface area contributed by atoms with Gasteiger partial charge in [-0.2, -0.15) is 9.36 Å². The molecule has 9 heteroatoms. The summed E-state index contributed by atoms with van der Waals surface area (Å²) in [7, 11) is 0. The normalized spacial score (nSPS) is 10.9. The second-order valence-corrected chi connectivity index (χ2v) is 7.51. The van der Waals surface area contributed by atoms with Crippen molar-refractivity contribution in [2.45, 2.75) is 20.3 Å². The van der Waals surface area contributed by atoms with Crippen molar-refractivity contribution >= 4 is 33.9 Å². The Morgan fingerprint density at radius 2 is 2.04 bits per heavy atom. The zero-order chi connectivity index (χ0) is 18.8. The van der Waals surface area contributed by atoms with E-state index in [0.29, 0.717) is 21.5 Å². The van der Waals surface area contributed by atoms with E-state index >= 15 is 0 Å². The average molecular weight is 397 g/mol. The maximum atomic E-state index is 12.1. The van der Waals surface area contributed by atoms with Crippen LogP contribution in [0.1, 0.15) is 27.9 Å². The van der Waals surface area contributed by atoms with E-state index in [0.717, 1.165) is 29.3 Å². The highest BCUT2D eigenvalue weighted by Crippen LogP contribution is 2.24. The zero-order valence-corrected chi connectivity index (χ0v) is 16.3. The van der Waals surface area contributed by atoms with Crippen LogP contribution in [0, 0.1) is 6.92 Å². The van der Waals surface area contributed by atoms with Crippen molar-refractivity contribution in [2.24, 2.45) is 0 Å². The van der Waals surface area contributed by atoms with Gasteiger partial charge >= 0.3 is 0 Å². The van der Waals surface area contributed by atoms with Crippen LogP contribution < -0.4 is 5.32 Å². The van der Waals surface area contributed by atoms with Crippen LogP contribution in [0.15, 0.2) is 41.8 Å². The summed E-state index contributed by atoms with van der Waals surface area (Å²) < 4.78 is 6.08. The topological polar surface area (TPSA) is 85.6 Å². The molecule has 27 heavy (non-hydrogen) atoms. The fourth-order valence-electron chi connectivity index (χ4n) is 2.59. The summed E-state index contributed by atoms with van der Waals surface area (Å²) in [5.74, 6) is 0.263. The van der Waals surface area contributed by atoms with Crippen LogP contribution in [0.5, 0.6) is 0 Å². The van der Waals surface area contributed by atoms with Gasteiger partial charge in [0.2, 0.25) is 5.13 Å². The first-order chi connectivity index (χ1) is 13.2. The van der Waals surface area contributed by atoms with E-state index in [1.165, 1.54) is 16.9 Å². The predicted molar refractivity (Wildman–Crippen MR) is 107 cm³/mol. The molecule has 0 bridgehead atoms. The highest BCUT2D eigenvalue weighted by Gasteiger charge is 2.18. The van der Waals surface area contributed by atoms with E-state index in [1.54, 1.807) is 10.7 Å². The number of nitrogens with zero attached hydrogens (tertiary/aromatic N) is 5. The van der Waals surface area contributed by atoms with E-state index in [2.05, 4.69) is 44.0 Å². The van der Waals surface area contributed by atoms with Gasteiger partial charge < -0.3 is 0 Å². The molecule has 0 saturated heterocycles. The summed E-state index contributed by atoms with van der Waals surface area (Å²) in [6, 6.07) is 11.8. The number of aryl methyl sites for hydroxylation is 1. The van der Waals surface area contributed by atoms with Gasteiger partial charge in [-0.1, -0.05) is 30.3 Å². The van der Waals surface area contributed by atoms with Gasteiger partial charge in [-0.3, -0.25) is 10.1 Å². The molecule has 1 N–H and O–H groups in total. The van der Waals surface area contributed by atoms with Gasteiger partial charge in [0.25, 0.3) is 5.91 Å². The first-order valence-corrected chi connectivity index (χ1v) is 10.0. The minimum Gasteiger partial charge on any atom is -0.296 e. The zero-order valence-electron chi connectivity index (χ0n) is 14.7. The fourth-order valence-corrected chi connectivity index (χ4v) is 3.78. The fraction of sp³-hybridized carbons (Fsp3) is 0.167. The number of amides is 1. The number of nitrogens with one attached hydrogen (secondary N) is 1. The number of thiophene rings is 1. The van der Waals surface area contributed by atoms with E-state index < -0.39 is 0 Å². The maximum absolute atomic E-state index is 12.1. The lowest BCUT2D eigenvalue weighted by atomic mass is 10.1. The molecule has 4 rings (SSSR count). The maximum Gasteiger partial charge on any atom is 0.267 e. The molecular weight excluding hydrogens is 380 g/mol. The molecule has 1 aromatic carbocycles. The second-order valence-electron chi connectivity index (χ2n) is 5.81. The van der Waals surface area contributed by atoms with Gasteiger partial charge in [0.15, 0.2) is 11.5 Å². The minimum atomic E-state index is -0.191. The number of carbonyl (C=O) groups excluding carboxylic acids is 1. The van der Waals surface area contributed by atoms with Gasteiger partial charge in [-0.25, -0.2) is 4.68 Å². The van der Waals surface area contributed by atoms with Gasteiger partial charge in [0.1, 0.15) is 0 Å². The van der Waals surface area contributed by atoms with Crippen molar-refractivity contribution in [1.82, 2.24) is 24.4 Å². The third-order valence-electron chi connectivity index (χ3n) is 4.09. The Morgan fingerprint density at radius 3 is 2.74 bits per heavy atom. The van der Waals surface area contributed by atoms with Crippen molar-refractivity contribution in [2.75, 3.05) is 5.32 Å². The van der Waals surface area contributed by atoms with E-state index in [9.17, 15) is 4.79 Å². The summed E-state index contributed by atoms with van der Waals surface area (Å²) in [6.45, 7) is 4.05. The summed E-state index contributed by atoms with van der Waals surface area (Å²) in [6.07, 6.45) is 0.991. The minimum absolute atomic E-state index is 0.191. The van der Waals surface area contributed by atoms with Crippen LogP contribution in [-0.4, -0.2) is 30.3 Å². The molecule has 3 aromatic heterocycles. The first-order valence-electron chi connectivity index (χ1n) is 8.36. The Labute approximate surface area is 163 Å². The molecule has 136 valence electrons. The Bertz CT molecular complexity index is 1070. The number of rotatable bonds is 5. The van der Waals surface area contributed by atoms with Crippen LogP contribution in [-0.2, 0) is 6.42 Å². The Hall–Kier alpha value is -2.91. The molecule has 4 aromatic rings. The molecule has 7 nitrogen and oxygen atoms in total. The van der Waals surface area contributed by atoms with E-state index in [1.807, 2.05) is 30.5 Å². The van der Waals surface area contributed by atoms with Crippen molar-refractivity contribution in [3.8, 4) is 17.2 Å². The molecule has 0 unspecified atom stereocenters. The van der Waals surface area contributed by atoms with Crippen LogP contribution in [0.25, 0.3) is 17.2 Å². The van der Waals surface area contributed by atoms with Crippen LogP contribution in [0.4, 0.5) is 5.13 Å². The van der Waals surface area contributed by atoms with Crippen molar-refractivity contribution in [3.05, 3.63) is 57.9 Å². The molecule has 0 aliphatic rings. The Morgan fingerprint density at radius 1 is 1.22 bits per heavy atom. The quantitative estimate of drug-likeness (QED) is 0.552. The molecule has 0 radical (unpaired) electrons. The SMILES string of the molecule is CCc1ccc(-n2nnc(-c3nsc(NC(=O)c4cccs4)n3)c2C)cc1. The highest BCUT2D eigenvalue weighted by atomic mass is 32.1. The molecule has 0 fully saturated rings. The lowest BCUT2D eigenvalue weighted by molar-refractivity contribution is 0.103. The number of hydrogen-bond acceptors (Lipinski definition) is 7. The molecule has 0 saturated carbocycles. The van der Waals surface area contributed by atoms with Crippen LogP contribution in [0.2, 0.25) is 0 Å². The molecule has 0 atom stereocenters. The van der Waals surface area contributed by atoms with Crippen molar-refractivity contribution < 1.29 is 4.79 Å². The standard InChI is InChI=1S/C18H16N6OS2/c1-3-12-6-8-13(9-7-12)24-11(2)15(21-23-24)16-19-18(27-22-16)20-17(25)14-5-4-10-26-14/h4-10H,3H2,1-2H3,(H,19,20,22,25). The number of anilines is 1. The van der Waals surface area contributed by atoms with Crippen molar-refractivity contribution in [1.29, 1.82) is 0 Å². The smallest absolute Gasteiger partial charge is 0.267 e. The van der Waals surface area contributed by atoms with Crippen molar-refractivity contribution in [3.63, 3.8) is 0 Å². The summed E-state index contributed by atoms with van der Waals surface area (Å²) >= 11 is 2.50. The summed E-state index contributed by atoms with van der Waals surface area (Å²) in [5, 5.41) is 13.5. The largest absolute Gasteiger partial charge is 0.296 e. The van der Waals surface area contributed by atoms with Gasteiger partial charge in [0.05, 0.1) is 16.3 Å². The van der Waals surface area contributed by atoms with Gasteiger partial charge in [0, 0.05) is 11.5 Å². The highest BCUT2D eigenvalue weighted by molar-refractivity contribution is 7.12. The van der Waals surface area contributed by atoms with Gasteiger partial charge in [-0.15, -0.1) is 16.4 Å². The average Bonchev–Trinajstić information content (AvgIpc) is 3.43. The number of benzene rings is 1. The Balaban J connectivity index is 1.57. The molecule has 3 heterocycles. The summed E-state index contributed by atoms with van der Waals surface area (Å²) in [5.41, 5.74) is 3.64. The van der Waals surface area contributed by atoms with Gasteiger partial charge in [-0.05, 0) is 42.5 Å². The number of hydrogen-bond donors (Lipinski definition) is 1.